The van der Waals surface area contributed by atoms with Crippen LogP contribution in [0.15, 0.2) is 29.2 Å². The van der Waals surface area contributed by atoms with Crippen LogP contribution in [0.1, 0.15) is 18.4 Å². The van der Waals surface area contributed by atoms with Gasteiger partial charge in [0.2, 0.25) is 5.91 Å². The van der Waals surface area contributed by atoms with Crippen LogP contribution in [0.25, 0.3) is 0 Å². The molecule has 0 spiro atoms. The second-order valence-electron chi connectivity index (χ2n) is 5.65. The van der Waals surface area contributed by atoms with Gasteiger partial charge < -0.3 is 0 Å². The molecule has 12 heteroatoms. The van der Waals surface area contributed by atoms with Crippen LogP contribution < -0.4 is 10.3 Å². The molecular weight excluding hydrogens is 385 g/mol. The van der Waals surface area contributed by atoms with Gasteiger partial charge in [-0.2, -0.15) is 13.2 Å². The van der Waals surface area contributed by atoms with Crippen molar-refractivity contribution in [3.8, 4) is 0 Å². The number of amides is 1. The fourth-order valence-corrected chi connectivity index (χ4v) is 5.14. The molecule has 1 aliphatic rings. The van der Waals surface area contributed by atoms with E-state index in [1.54, 1.807) is 4.83 Å². The summed E-state index contributed by atoms with van der Waals surface area (Å²) in [6.07, 6.45) is -4.61. The van der Waals surface area contributed by atoms with E-state index in [9.17, 15) is 34.8 Å². The molecule has 0 radical (unpaired) electrons. The zero-order valence-corrected chi connectivity index (χ0v) is 14.3. The molecule has 2 N–H and O–H groups in total. The lowest BCUT2D eigenvalue weighted by Gasteiger charge is -2.12. The number of hydrazine groups is 1. The van der Waals surface area contributed by atoms with Crippen molar-refractivity contribution in [2.75, 3.05) is 11.5 Å². The first-order valence-corrected chi connectivity index (χ1v) is 10.4. The van der Waals surface area contributed by atoms with E-state index in [0.29, 0.717) is 12.5 Å². The van der Waals surface area contributed by atoms with E-state index in [1.165, 1.54) is 0 Å². The number of nitrogens with one attached hydrogen (secondary N) is 2. The first-order chi connectivity index (χ1) is 11.4. The van der Waals surface area contributed by atoms with E-state index in [0.717, 1.165) is 18.2 Å². The molecule has 2 rings (SSSR count). The highest BCUT2D eigenvalue weighted by Gasteiger charge is 2.32. The summed E-state index contributed by atoms with van der Waals surface area (Å²) in [5.74, 6) is -1.36. The Bertz CT molecular complexity index is 866. The van der Waals surface area contributed by atoms with Crippen LogP contribution in [-0.2, 0) is 30.8 Å². The highest BCUT2D eigenvalue weighted by atomic mass is 32.2. The Morgan fingerprint density at radius 2 is 1.96 bits per heavy atom. The summed E-state index contributed by atoms with van der Waals surface area (Å²) >= 11 is 0. The number of sulfonamides is 1. The second kappa shape index (κ2) is 6.92. The van der Waals surface area contributed by atoms with Gasteiger partial charge in [-0.05, 0) is 30.5 Å². The number of hydrogen-bond donors (Lipinski definition) is 2. The van der Waals surface area contributed by atoms with Gasteiger partial charge in [0, 0.05) is 6.42 Å². The Morgan fingerprint density at radius 1 is 1.28 bits per heavy atom. The van der Waals surface area contributed by atoms with Crippen LogP contribution in [0.3, 0.4) is 0 Å². The average molecular weight is 400 g/mol. The standard InChI is InChI=1S/C13H15F3N2O5S2/c14-13(15,16)10-2-1-3-11(7-10)25(22,23)18-17-12(19)6-9-4-5-24(20,21)8-9/h1-3,7,9,18H,4-6,8H2,(H,17,19)/t9-/m1/s1. The number of hydrogen-bond acceptors (Lipinski definition) is 5. The van der Waals surface area contributed by atoms with Crippen LogP contribution >= 0.6 is 0 Å². The largest absolute Gasteiger partial charge is 0.416 e. The van der Waals surface area contributed by atoms with Crippen molar-refractivity contribution in [1.29, 1.82) is 0 Å². The van der Waals surface area contributed by atoms with E-state index in [1.807, 2.05) is 5.43 Å². The van der Waals surface area contributed by atoms with Crippen molar-refractivity contribution in [2.24, 2.45) is 5.92 Å². The first kappa shape index (κ1) is 19.7. The summed E-state index contributed by atoms with van der Waals surface area (Å²) < 4.78 is 84.4. The van der Waals surface area contributed by atoms with Crippen molar-refractivity contribution in [1.82, 2.24) is 10.3 Å². The molecular formula is C13H15F3N2O5S2. The Kier molecular flexibility index (Phi) is 5.44. The van der Waals surface area contributed by atoms with Crippen LogP contribution in [0.4, 0.5) is 13.2 Å². The zero-order valence-electron chi connectivity index (χ0n) is 12.7. The molecule has 1 aromatic carbocycles. The molecule has 7 nitrogen and oxygen atoms in total. The van der Waals surface area contributed by atoms with E-state index >= 15 is 0 Å². The van der Waals surface area contributed by atoms with Crippen LogP contribution in [0.5, 0.6) is 0 Å². The van der Waals surface area contributed by atoms with E-state index < -0.39 is 48.3 Å². The molecule has 1 atom stereocenters. The summed E-state index contributed by atoms with van der Waals surface area (Å²) in [4.78, 5) is 12.7. The quantitative estimate of drug-likeness (QED) is 0.712. The number of benzene rings is 1. The number of halogens is 3. The van der Waals surface area contributed by atoms with Crippen molar-refractivity contribution in [2.45, 2.75) is 23.9 Å². The maximum atomic E-state index is 12.6. The first-order valence-electron chi connectivity index (χ1n) is 7.07. The van der Waals surface area contributed by atoms with Gasteiger partial charge in [-0.25, -0.2) is 16.8 Å². The van der Waals surface area contributed by atoms with Crippen molar-refractivity contribution >= 4 is 25.8 Å². The monoisotopic (exact) mass is 400 g/mol. The molecule has 0 aliphatic carbocycles. The Labute approximate surface area is 142 Å². The third-order valence-corrected chi connectivity index (χ3v) is 6.68. The summed E-state index contributed by atoms with van der Waals surface area (Å²) in [5.41, 5.74) is 0.740. The molecule has 1 amide bonds. The van der Waals surface area contributed by atoms with Gasteiger partial charge in [-0.3, -0.25) is 10.2 Å². The lowest BCUT2D eigenvalue weighted by molar-refractivity contribution is -0.137. The number of carbonyl (C=O) groups is 1. The summed E-state index contributed by atoms with van der Waals surface area (Å²) in [6.45, 7) is 0. The van der Waals surface area contributed by atoms with Gasteiger partial charge in [0.1, 0.15) is 0 Å². The number of alkyl halides is 3. The fourth-order valence-electron chi connectivity index (χ4n) is 2.37. The third-order valence-electron chi connectivity index (χ3n) is 3.60. The minimum absolute atomic E-state index is 0.0269. The van der Waals surface area contributed by atoms with Gasteiger partial charge >= 0.3 is 6.18 Å². The molecule has 1 aliphatic heterocycles. The molecule has 0 bridgehead atoms. The predicted molar refractivity (Wildman–Crippen MR) is 81.3 cm³/mol. The maximum Gasteiger partial charge on any atom is 0.416 e. The normalized spacial score (nSPS) is 20.4. The molecule has 140 valence electrons. The minimum Gasteiger partial charge on any atom is -0.278 e. The van der Waals surface area contributed by atoms with E-state index in [-0.39, 0.29) is 17.9 Å². The minimum atomic E-state index is -4.71. The molecule has 1 heterocycles. The highest BCUT2D eigenvalue weighted by Crippen LogP contribution is 2.30. The van der Waals surface area contributed by atoms with E-state index in [4.69, 9.17) is 0 Å². The molecule has 25 heavy (non-hydrogen) atoms. The Hall–Kier alpha value is -1.66. The van der Waals surface area contributed by atoms with Gasteiger partial charge in [0.25, 0.3) is 10.0 Å². The van der Waals surface area contributed by atoms with E-state index in [2.05, 4.69) is 0 Å². The molecule has 0 saturated carbocycles. The van der Waals surface area contributed by atoms with Gasteiger partial charge in [0.05, 0.1) is 22.0 Å². The third kappa shape index (κ3) is 5.41. The van der Waals surface area contributed by atoms with Gasteiger partial charge in [0.15, 0.2) is 9.84 Å². The molecule has 1 aromatic rings. The van der Waals surface area contributed by atoms with Gasteiger partial charge in [-0.15, -0.1) is 4.83 Å². The lowest BCUT2D eigenvalue weighted by atomic mass is 10.1. The summed E-state index contributed by atoms with van der Waals surface area (Å²) in [7, 11) is -7.57. The second-order valence-corrected chi connectivity index (χ2v) is 9.56. The lowest BCUT2D eigenvalue weighted by Crippen LogP contribution is -2.42. The topological polar surface area (TPSA) is 109 Å². The smallest absolute Gasteiger partial charge is 0.278 e. The van der Waals surface area contributed by atoms with Crippen molar-refractivity contribution in [3.63, 3.8) is 0 Å². The number of carbonyl (C=O) groups excluding carboxylic acids is 1. The Morgan fingerprint density at radius 3 is 2.52 bits per heavy atom. The van der Waals surface area contributed by atoms with Gasteiger partial charge in [-0.1, -0.05) is 6.07 Å². The van der Waals surface area contributed by atoms with Crippen molar-refractivity contribution < 1.29 is 34.8 Å². The average Bonchev–Trinajstić information content (AvgIpc) is 2.83. The van der Waals surface area contributed by atoms with Crippen LogP contribution in [0, 0.1) is 5.92 Å². The van der Waals surface area contributed by atoms with Crippen molar-refractivity contribution in [3.05, 3.63) is 29.8 Å². The fraction of sp³-hybridized carbons (Fsp3) is 0.462. The predicted octanol–water partition coefficient (Wildman–Crippen LogP) is 0.840. The molecule has 1 saturated heterocycles. The van der Waals surface area contributed by atoms with Crippen LogP contribution in [0.2, 0.25) is 0 Å². The SMILES string of the molecule is O=C(C[C@H]1CCS(=O)(=O)C1)NNS(=O)(=O)c1cccc(C(F)(F)F)c1. The Balaban J connectivity index is 1.99. The highest BCUT2D eigenvalue weighted by molar-refractivity contribution is 7.91. The summed E-state index contributed by atoms with van der Waals surface area (Å²) in [6, 6.07) is 3.05. The van der Waals surface area contributed by atoms with Crippen LogP contribution in [-0.4, -0.2) is 34.2 Å². The maximum absolute atomic E-state index is 12.6. The molecule has 1 fully saturated rings. The number of rotatable bonds is 5. The summed E-state index contributed by atoms with van der Waals surface area (Å²) in [5, 5.41) is 0. The number of sulfone groups is 1. The molecule has 0 aromatic heterocycles. The zero-order chi connectivity index (χ0) is 18.9. The molecule has 0 unspecified atom stereocenters.